The van der Waals surface area contributed by atoms with Gasteiger partial charge in [-0.15, -0.1) is 0 Å². The van der Waals surface area contributed by atoms with Gasteiger partial charge in [-0.25, -0.2) is 8.42 Å². The Morgan fingerprint density at radius 2 is 1.74 bits per heavy atom. The summed E-state index contributed by atoms with van der Waals surface area (Å²) >= 11 is 0. The maximum Gasteiger partial charge on any atom is 0.282 e. The van der Waals surface area contributed by atoms with Crippen LogP contribution in [0.4, 0.5) is 11.4 Å². The lowest BCUT2D eigenvalue weighted by atomic mass is 10.1. The van der Waals surface area contributed by atoms with E-state index >= 15 is 0 Å². The highest BCUT2D eigenvalue weighted by Gasteiger charge is 2.25. The fraction of sp³-hybridized carbons (Fsp3) is 0.208. The van der Waals surface area contributed by atoms with E-state index in [1.165, 1.54) is 46.8 Å². The van der Waals surface area contributed by atoms with E-state index in [4.69, 9.17) is 4.74 Å². The zero-order valence-electron chi connectivity index (χ0n) is 19.0. The Kier molecular flexibility index (Phi) is 7.64. The van der Waals surface area contributed by atoms with Crippen LogP contribution < -0.4 is 10.1 Å². The number of carbonyl (C=O) groups is 1. The van der Waals surface area contributed by atoms with Crippen molar-refractivity contribution in [1.29, 1.82) is 0 Å². The molecule has 0 spiro atoms. The first-order valence-corrected chi connectivity index (χ1v) is 12.0. The number of sulfonamides is 1. The fourth-order valence-corrected chi connectivity index (χ4v) is 4.87. The second-order valence-corrected chi connectivity index (χ2v) is 9.33. The number of aryl methyl sites for hydroxylation is 1. The quantitative estimate of drug-likeness (QED) is 0.339. The normalized spacial score (nSPS) is 11.3. The van der Waals surface area contributed by atoms with Crippen LogP contribution in [0.15, 0.2) is 71.6 Å². The van der Waals surface area contributed by atoms with E-state index in [2.05, 4.69) is 5.32 Å². The van der Waals surface area contributed by atoms with Crippen molar-refractivity contribution in [3.63, 3.8) is 0 Å². The standard InChI is InChI=1S/C24H25N3O6S/c1-4-26(5-2)34(31,32)19-13-14-23(33-18-10-8-9-17(3)15-18)21(16-19)25-24(28)20-11-6-7-12-22(20)27(29)30/h6-16H,4-5H2,1-3H3,(H,25,28). The summed E-state index contributed by atoms with van der Waals surface area (Å²) in [6.07, 6.45) is 0. The third-order valence-corrected chi connectivity index (χ3v) is 7.15. The molecule has 0 heterocycles. The van der Waals surface area contributed by atoms with Crippen molar-refractivity contribution < 1.29 is 22.9 Å². The molecule has 1 N–H and O–H groups in total. The van der Waals surface area contributed by atoms with Gasteiger partial charge in [0, 0.05) is 19.2 Å². The lowest BCUT2D eigenvalue weighted by Gasteiger charge is -2.20. The SMILES string of the molecule is CCN(CC)S(=O)(=O)c1ccc(Oc2cccc(C)c2)c(NC(=O)c2ccccc2[N+](=O)[O-])c1. The summed E-state index contributed by atoms with van der Waals surface area (Å²) in [5.41, 5.74) is 0.487. The van der Waals surface area contributed by atoms with E-state index in [0.29, 0.717) is 5.75 Å². The van der Waals surface area contributed by atoms with Crippen molar-refractivity contribution in [1.82, 2.24) is 4.31 Å². The minimum absolute atomic E-state index is 0.0364. The van der Waals surface area contributed by atoms with Crippen molar-refractivity contribution in [2.75, 3.05) is 18.4 Å². The molecule has 0 atom stereocenters. The van der Waals surface area contributed by atoms with E-state index in [0.717, 1.165) is 5.56 Å². The third-order valence-electron chi connectivity index (χ3n) is 5.11. The number of nitro benzene ring substituents is 1. The van der Waals surface area contributed by atoms with Crippen LogP contribution in [0.5, 0.6) is 11.5 Å². The van der Waals surface area contributed by atoms with E-state index < -0.39 is 20.9 Å². The van der Waals surface area contributed by atoms with Crippen LogP contribution in [-0.4, -0.2) is 36.6 Å². The number of hydrogen-bond donors (Lipinski definition) is 1. The maximum atomic E-state index is 13.0. The van der Waals surface area contributed by atoms with Crippen molar-refractivity contribution in [2.45, 2.75) is 25.7 Å². The van der Waals surface area contributed by atoms with Crippen molar-refractivity contribution in [3.05, 3.63) is 88.0 Å². The molecule has 0 bridgehead atoms. The van der Waals surface area contributed by atoms with Crippen LogP contribution in [0.2, 0.25) is 0 Å². The van der Waals surface area contributed by atoms with Crippen molar-refractivity contribution >= 4 is 27.3 Å². The average molecular weight is 484 g/mol. The van der Waals surface area contributed by atoms with Gasteiger partial charge in [0.1, 0.15) is 11.3 Å². The molecule has 3 aromatic rings. The summed E-state index contributed by atoms with van der Waals surface area (Å²) in [7, 11) is -3.82. The van der Waals surface area contributed by atoms with Crippen molar-refractivity contribution in [3.8, 4) is 11.5 Å². The molecule has 0 unspecified atom stereocenters. The van der Waals surface area contributed by atoms with Crippen LogP contribution >= 0.6 is 0 Å². The molecule has 0 fully saturated rings. The van der Waals surface area contributed by atoms with E-state index in [1.54, 1.807) is 32.0 Å². The summed E-state index contributed by atoms with van der Waals surface area (Å²) in [6.45, 7) is 5.90. The molecular formula is C24H25N3O6S. The number of carbonyl (C=O) groups excluding carboxylic acids is 1. The molecule has 3 rings (SSSR count). The monoisotopic (exact) mass is 483 g/mol. The zero-order valence-corrected chi connectivity index (χ0v) is 19.8. The molecule has 0 radical (unpaired) electrons. The Labute approximate surface area is 198 Å². The lowest BCUT2D eigenvalue weighted by molar-refractivity contribution is -0.385. The number of ether oxygens (including phenoxy) is 1. The number of nitrogens with one attached hydrogen (secondary N) is 1. The van der Waals surface area contributed by atoms with Gasteiger partial charge in [-0.1, -0.05) is 38.1 Å². The largest absolute Gasteiger partial charge is 0.455 e. The molecule has 0 saturated heterocycles. The molecule has 10 heteroatoms. The average Bonchev–Trinajstić information content (AvgIpc) is 2.80. The van der Waals surface area contributed by atoms with Crippen LogP contribution in [0, 0.1) is 17.0 Å². The topological polar surface area (TPSA) is 119 Å². The van der Waals surface area contributed by atoms with Crippen LogP contribution in [0.3, 0.4) is 0 Å². The van der Waals surface area contributed by atoms with Gasteiger partial charge in [0.25, 0.3) is 11.6 Å². The van der Waals surface area contributed by atoms with Gasteiger partial charge < -0.3 is 10.1 Å². The number of rotatable bonds is 9. The second kappa shape index (κ2) is 10.4. The predicted octanol–water partition coefficient (Wildman–Crippen LogP) is 4.98. The summed E-state index contributed by atoms with van der Waals surface area (Å²) in [5, 5.41) is 14.0. The summed E-state index contributed by atoms with van der Waals surface area (Å²) < 4.78 is 33.3. The summed E-state index contributed by atoms with van der Waals surface area (Å²) in [4.78, 5) is 23.6. The molecule has 1 amide bonds. The number of benzene rings is 3. The van der Waals surface area contributed by atoms with E-state index in [-0.39, 0.29) is 40.7 Å². The molecule has 0 aliphatic carbocycles. The summed E-state index contributed by atoms with van der Waals surface area (Å²) in [5.74, 6) is -0.0876. The van der Waals surface area contributed by atoms with Gasteiger partial charge in [0.15, 0.2) is 5.75 Å². The van der Waals surface area contributed by atoms with Gasteiger partial charge >= 0.3 is 0 Å². The molecule has 9 nitrogen and oxygen atoms in total. The molecule has 178 valence electrons. The fourth-order valence-electron chi connectivity index (χ4n) is 3.39. The van der Waals surface area contributed by atoms with Gasteiger partial charge in [-0.3, -0.25) is 14.9 Å². The van der Waals surface area contributed by atoms with Crippen LogP contribution in [0.25, 0.3) is 0 Å². The number of hydrogen-bond acceptors (Lipinski definition) is 6. The first-order valence-electron chi connectivity index (χ1n) is 10.6. The van der Waals surface area contributed by atoms with Gasteiger partial charge in [-0.05, 0) is 48.9 Å². The second-order valence-electron chi connectivity index (χ2n) is 7.39. The third kappa shape index (κ3) is 5.41. The molecule has 0 aromatic heterocycles. The molecule has 0 aliphatic heterocycles. The predicted molar refractivity (Wildman–Crippen MR) is 129 cm³/mol. The summed E-state index contributed by atoms with van der Waals surface area (Å²) in [6, 6.07) is 16.9. The minimum atomic E-state index is -3.82. The van der Waals surface area contributed by atoms with Gasteiger partial charge in [0.2, 0.25) is 10.0 Å². The molecule has 0 saturated carbocycles. The van der Waals surface area contributed by atoms with Crippen molar-refractivity contribution in [2.24, 2.45) is 0 Å². The highest BCUT2D eigenvalue weighted by Crippen LogP contribution is 2.34. The van der Waals surface area contributed by atoms with Crippen LogP contribution in [0.1, 0.15) is 29.8 Å². The highest BCUT2D eigenvalue weighted by atomic mass is 32.2. The van der Waals surface area contributed by atoms with E-state index in [9.17, 15) is 23.3 Å². The Morgan fingerprint density at radius 3 is 2.38 bits per heavy atom. The Balaban J connectivity index is 2.07. The number of anilines is 1. The Hall–Kier alpha value is -3.76. The number of nitro groups is 1. The smallest absolute Gasteiger partial charge is 0.282 e. The highest BCUT2D eigenvalue weighted by molar-refractivity contribution is 7.89. The van der Waals surface area contributed by atoms with Gasteiger partial charge in [0.05, 0.1) is 15.5 Å². The Bertz CT molecular complexity index is 1320. The zero-order chi connectivity index (χ0) is 24.9. The van der Waals surface area contributed by atoms with Crippen LogP contribution in [-0.2, 0) is 10.0 Å². The molecule has 3 aromatic carbocycles. The first-order chi connectivity index (χ1) is 16.2. The Morgan fingerprint density at radius 1 is 1.03 bits per heavy atom. The molecule has 34 heavy (non-hydrogen) atoms. The maximum absolute atomic E-state index is 13.0. The number of amides is 1. The van der Waals surface area contributed by atoms with Gasteiger partial charge in [-0.2, -0.15) is 4.31 Å². The van der Waals surface area contributed by atoms with E-state index in [1.807, 2.05) is 13.0 Å². The molecular weight excluding hydrogens is 458 g/mol. The molecule has 0 aliphatic rings. The number of para-hydroxylation sites is 1. The minimum Gasteiger partial charge on any atom is -0.455 e. The lowest BCUT2D eigenvalue weighted by Crippen LogP contribution is -2.30. The number of nitrogens with zero attached hydrogens (tertiary/aromatic N) is 2. The first kappa shape index (κ1) is 24.9.